The molecule has 6 nitrogen and oxygen atoms in total. The summed E-state index contributed by atoms with van der Waals surface area (Å²) in [6, 6.07) is 9.46. The predicted octanol–water partition coefficient (Wildman–Crippen LogP) is 5.01. The minimum atomic E-state index is -4.47. The first kappa shape index (κ1) is 20.7. The Morgan fingerprint density at radius 1 is 1.21 bits per heavy atom. The van der Waals surface area contributed by atoms with Crippen molar-refractivity contribution in [3.8, 4) is 17.1 Å². The molecule has 0 bridgehead atoms. The van der Waals surface area contributed by atoms with Gasteiger partial charge in [0.1, 0.15) is 5.75 Å². The summed E-state index contributed by atoms with van der Waals surface area (Å²) in [6.07, 6.45) is -4.16. The van der Waals surface area contributed by atoms with E-state index in [0.717, 1.165) is 17.7 Å². The van der Waals surface area contributed by atoms with Crippen LogP contribution in [0.1, 0.15) is 23.4 Å². The molecule has 0 saturated heterocycles. The van der Waals surface area contributed by atoms with Crippen LogP contribution in [-0.2, 0) is 24.0 Å². The van der Waals surface area contributed by atoms with Crippen molar-refractivity contribution in [2.45, 2.75) is 25.6 Å². The Hall–Kier alpha value is -3.07. The van der Waals surface area contributed by atoms with Crippen molar-refractivity contribution in [3.05, 3.63) is 64.5 Å². The zero-order valence-corrected chi connectivity index (χ0v) is 15.5. The lowest BCUT2D eigenvalue weighted by Crippen LogP contribution is -2.04. The summed E-state index contributed by atoms with van der Waals surface area (Å²) in [5.41, 5.74) is 0.0948. The van der Waals surface area contributed by atoms with Crippen LogP contribution in [-0.4, -0.2) is 21.2 Å². The second-order valence-electron chi connectivity index (χ2n) is 6.04. The minimum Gasteiger partial charge on any atom is -0.482 e. The van der Waals surface area contributed by atoms with E-state index in [1.165, 1.54) is 12.1 Å². The maximum Gasteiger partial charge on any atom is 0.416 e. The molecule has 29 heavy (non-hydrogen) atoms. The number of rotatable bonds is 7. The molecular formula is C19H14ClF3N2O4. The average Bonchev–Trinajstić information content (AvgIpc) is 3.14. The van der Waals surface area contributed by atoms with Gasteiger partial charge in [0.25, 0.3) is 5.89 Å². The van der Waals surface area contributed by atoms with Crippen molar-refractivity contribution in [2.24, 2.45) is 0 Å². The SMILES string of the molecule is O=C(O)CCc1ccc(OCc2nc(-c3cccc(C(F)(F)F)c3)no2)c(Cl)c1. The van der Waals surface area contributed by atoms with Crippen LogP contribution in [0.15, 0.2) is 47.0 Å². The van der Waals surface area contributed by atoms with Gasteiger partial charge < -0.3 is 14.4 Å². The lowest BCUT2D eigenvalue weighted by atomic mass is 10.1. The molecular weight excluding hydrogens is 413 g/mol. The molecule has 3 aromatic rings. The summed E-state index contributed by atoms with van der Waals surface area (Å²) >= 11 is 6.13. The first-order valence-electron chi connectivity index (χ1n) is 8.35. The smallest absolute Gasteiger partial charge is 0.416 e. The van der Waals surface area contributed by atoms with E-state index in [9.17, 15) is 18.0 Å². The fourth-order valence-corrected chi connectivity index (χ4v) is 2.73. The van der Waals surface area contributed by atoms with Gasteiger partial charge in [-0.2, -0.15) is 18.2 Å². The van der Waals surface area contributed by atoms with Crippen LogP contribution in [0.3, 0.4) is 0 Å². The number of carboxylic acid groups (broad SMARTS) is 1. The summed E-state index contributed by atoms with van der Waals surface area (Å²) in [5, 5.41) is 12.7. The van der Waals surface area contributed by atoms with Crippen molar-refractivity contribution in [1.29, 1.82) is 0 Å². The molecule has 3 rings (SSSR count). The second-order valence-corrected chi connectivity index (χ2v) is 6.44. The highest BCUT2D eigenvalue weighted by molar-refractivity contribution is 6.32. The number of aryl methyl sites for hydroxylation is 1. The zero-order valence-electron chi connectivity index (χ0n) is 14.7. The van der Waals surface area contributed by atoms with Gasteiger partial charge in [0.15, 0.2) is 6.61 Å². The predicted molar refractivity (Wildman–Crippen MR) is 96.5 cm³/mol. The van der Waals surface area contributed by atoms with Crippen molar-refractivity contribution >= 4 is 17.6 Å². The van der Waals surface area contributed by atoms with Crippen LogP contribution in [0.5, 0.6) is 5.75 Å². The third kappa shape index (κ3) is 5.47. The normalized spacial score (nSPS) is 11.4. The Bertz CT molecular complexity index is 1020. The van der Waals surface area contributed by atoms with E-state index >= 15 is 0 Å². The number of carboxylic acids is 1. The van der Waals surface area contributed by atoms with Crippen molar-refractivity contribution in [1.82, 2.24) is 10.1 Å². The average molecular weight is 427 g/mol. The van der Waals surface area contributed by atoms with E-state index in [0.29, 0.717) is 12.2 Å². The summed E-state index contributed by atoms with van der Waals surface area (Å²) < 4.78 is 49.0. The van der Waals surface area contributed by atoms with Crippen LogP contribution in [0.25, 0.3) is 11.4 Å². The van der Waals surface area contributed by atoms with E-state index in [2.05, 4.69) is 10.1 Å². The van der Waals surface area contributed by atoms with E-state index in [1.807, 2.05) is 0 Å². The molecule has 0 amide bonds. The second kappa shape index (κ2) is 8.52. The number of hydrogen-bond donors (Lipinski definition) is 1. The molecule has 0 aliphatic rings. The summed E-state index contributed by atoms with van der Waals surface area (Å²) in [4.78, 5) is 14.7. The van der Waals surface area contributed by atoms with Crippen molar-refractivity contribution in [3.63, 3.8) is 0 Å². The van der Waals surface area contributed by atoms with Gasteiger partial charge in [-0.15, -0.1) is 0 Å². The number of aliphatic carboxylic acids is 1. The van der Waals surface area contributed by atoms with Gasteiger partial charge in [-0.05, 0) is 36.2 Å². The van der Waals surface area contributed by atoms with E-state index in [1.54, 1.807) is 18.2 Å². The highest BCUT2D eigenvalue weighted by Gasteiger charge is 2.30. The van der Waals surface area contributed by atoms with E-state index in [-0.39, 0.29) is 35.3 Å². The number of carbonyl (C=O) groups is 1. The molecule has 152 valence electrons. The first-order chi connectivity index (χ1) is 13.7. The van der Waals surface area contributed by atoms with Gasteiger partial charge in [-0.3, -0.25) is 4.79 Å². The molecule has 0 atom stereocenters. The fraction of sp³-hybridized carbons (Fsp3) is 0.211. The highest BCUT2D eigenvalue weighted by atomic mass is 35.5. The summed E-state index contributed by atoms with van der Waals surface area (Å²) in [7, 11) is 0. The van der Waals surface area contributed by atoms with Crippen LogP contribution in [0, 0.1) is 0 Å². The Morgan fingerprint density at radius 2 is 2.00 bits per heavy atom. The standard InChI is InChI=1S/C19H14ClF3N2O4/c20-14-8-11(5-7-17(26)27)4-6-15(14)28-10-16-24-18(25-29-16)12-2-1-3-13(9-12)19(21,22)23/h1-4,6,8-9H,5,7,10H2,(H,26,27). The molecule has 1 N–H and O–H groups in total. The van der Waals surface area contributed by atoms with E-state index < -0.39 is 17.7 Å². The van der Waals surface area contributed by atoms with Gasteiger partial charge in [0.05, 0.1) is 10.6 Å². The quantitative estimate of drug-likeness (QED) is 0.572. The van der Waals surface area contributed by atoms with Crippen molar-refractivity contribution < 1.29 is 32.3 Å². The van der Waals surface area contributed by atoms with Crippen LogP contribution < -0.4 is 4.74 Å². The molecule has 0 aliphatic heterocycles. The molecule has 2 aromatic carbocycles. The van der Waals surface area contributed by atoms with Crippen LogP contribution in [0.4, 0.5) is 13.2 Å². The molecule has 0 radical (unpaired) electrons. The van der Waals surface area contributed by atoms with Gasteiger partial charge in [-0.1, -0.05) is 35.0 Å². The van der Waals surface area contributed by atoms with Gasteiger partial charge in [-0.25, -0.2) is 0 Å². The first-order valence-corrected chi connectivity index (χ1v) is 8.73. The summed E-state index contributed by atoms with van der Waals surface area (Å²) in [5.74, 6) is -0.521. The third-order valence-electron chi connectivity index (χ3n) is 3.89. The number of ether oxygens (including phenoxy) is 1. The zero-order chi connectivity index (χ0) is 21.0. The number of benzene rings is 2. The monoisotopic (exact) mass is 426 g/mol. The Morgan fingerprint density at radius 3 is 2.69 bits per heavy atom. The lowest BCUT2D eigenvalue weighted by molar-refractivity contribution is -0.138. The van der Waals surface area contributed by atoms with Gasteiger partial charge >= 0.3 is 12.1 Å². The Balaban J connectivity index is 1.66. The molecule has 0 aliphatic carbocycles. The molecule has 0 saturated carbocycles. The molecule has 10 heteroatoms. The van der Waals surface area contributed by atoms with Crippen LogP contribution in [0.2, 0.25) is 5.02 Å². The Kier molecular flexibility index (Phi) is 6.07. The lowest BCUT2D eigenvalue weighted by Gasteiger charge is -2.07. The van der Waals surface area contributed by atoms with Crippen molar-refractivity contribution in [2.75, 3.05) is 0 Å². The number of aromatic nitrogens is 2. The topological polar surface area (TPSA) is 85.5 Å². The minimum absolute atomic E-state index is 0.00446. The van der Waals surface area contributed by atoms with Crippen LogP contribution >= 0.6 is 11.6 Å². The highest BCUT2D eigenvalue weighted by Crippen LogP contribution is 2.31. The third-order valence-corrected chi connectivity index (χ3v) is 4.19. The molecule has 0 fully saturated rings. The largest absolute Gasteiger partial charge is 0.482 e. The van der Waals surface area contributed by atoms with Gasteiger partial charge in [0, 0.05) is 12.0 Å². The molecule has 1 heterocycles. The van der Waals surface area contributed by atoms with Gasteiger partial charge in [0.2, 0.25) is 5.82 Å². The maximum atomic E-state index is 12.8. The van der Waals surface area contributed by atoms with E-state index in [4.69, 9.17) is 26.0 Å². The number of hydrogen-bond acceptors (Lipinski definition) is 5. The summed E-state index contributed by atoms with van der Waals surface area (Å²) in [6.45, 7) is -0.139. The fourth-order valence-electron chi connectivity index (χ4n) is 2.47. The number of alkyl halides is 3. The number of nitrogens with zero attached hydrogens (tertiary/aromatic N) is 2. The maximum absolute atomic E-state index is 12.8. The Labute approximate surface area is 167 Å². The molecule has 0 unspecified atom stereocenters. The molecule has 1 aromatic heterocycles. The number of halogens is 4. The molecule has 0 spiro atoms.